The zero-order valence-electron chi connectivity index (χ0n) is 10.1. The van der Waals surface area contributed by atoms with Gasteiger partial charge >= 0.3 is 0 Å². The average Bonchev–Trinajstić information content (AvgIpc) is 2.82. The van der Waals surface area contributed by atoms with Crippen LogP contribution in [-0.2, 0) is 13.0 Å². The number of rotatable bonds is 5. The second kappa shape index (κ2) is 6.67. The van der Waals surface area contributed by atoms with Gasteiger partial charge in [-0.05, 0) is 36.2 Å². The molecule has 0 unspecified atom stereocenters. The first-order valence-corrected chi connectivity index (χ1v) is 7.02. The predicted octanol–water partition coefficient (Wildman–Crippen LogP) is 3.74. The van der Waals surface area contributed by atoms with Crippen LogP contribution in [0.5, 0.6) is 0 Å². The van der Waals surface area contributed by atoms with Gasteiger partial charge in [0.25, 0.3) is 0 Å². The highest BCUT2D eigenvalue weighted by atomic mass is 35.5. The highest BCUT2D eigenvalue weighted by molar-refractivity contribution is 7.16. The van der Waals surface area contributed by atoms with Gasteiger partial charge in [0, 0.05) is 18.0 Å². The van der Waals surface area contributed by atoms with Crippen molar-refractivity contribution in [1.82, 2.24) is 5.32 Å². The molecule has 0 atom stereocenters. The van der Waals surface area contributed by atoms with Gasteiger partial charge in [-0.3, -0.25) is 0 Å². The highest BCUT2D eigenvalue weighted by Crippen LogP contribution is 2.21. The van der Waals surface area contributed by atoms with Crippen LogP contribution in [0, 0.1) is 17.1 Å². The van der Waals surface area contributed by atoms with Crippen molar-refractivity contribution >= 4 is 22.9 Å². The Hall–Kier alpha value is -1.41. The molecule has 0 aliphatic carbocycles. The Morgan fingerprint density at radius 3 is 2.84 bits per heavy atom. The molecule has 0 aliphatic heterocycles. The van der Waals surface area contributed by atoms with E-state index in [0.29, 0.717) is 6.54 Å². The van der Waals surface area contributed by atoms with E-state index in [0.717, 1.165) is 22.9 Å². The van der Waals surface area contributed by atoms with Crippen LogP contribution in [0.3, 0.4) is 0 Å². The third kappa shape index (κ3) is 4.03. The quantitative estimate of drug-likeness (QED) is 0.853. The summed E-state index contributed by atoms with van der Waals surface area (Å²) in [5, 5.41) is 12.0. The SMILES string of the molecule is N#Cc1cc(CNCCc2ccc(Cl)s2)ccc1F. The van der Waals surface area contributed by atoms with Crippen molar-refractivity contribution in [3.05, 3.63) is 56.5 Å². The van der Waals surface area contributed by atoms with Gasteiger partial charge in [-0.1, -0.05) is 17.7 Å². The fourth-order valence-corrected chi connectivity index (χ4v) is 2.79. The summed E-state index contributed by atoms with van der Waals surface area (Å²) in [7, 11) is 0. The average molecular weight is 295 g/mol. The maximum absolute atomic E-state index is 13.1. The molecule has 1 N–H and O–H groups in total. The van der Waals surface area contributed by atoms with E-state index in [2.05, 4.69) is 5.32 Å². The topological polar surface area (TPSA) is 35.8 Å². The second-order valence-electron chi connectivity index (χ2n) is 4.06. The maximum Gasteiger partial charge on any atom is 0.140 e. The lowest BCUT2D eigenvalue weighted by atomic mass is 10.1. The van der Waals surface area contributed by atoms with Crippen molar-refractivity contribution in [2.24, 2.45) is 0 Å². The zero-order chi connectivity index (χ0) is 13.7. The molecule has 1 heterocycles. The van der Waals surface area contributed by atoms with Gasteiger partial charge in [-0.15, -0.1) is 11.3 Å². The van der Waals surface area contributed by atoms with Gasteiger partial charge in [0.1, 0.15) is 11.9 Å². The van der Waals surface area contributed by atoms with Crippen molar-refractivity contribution in [3.63, 3.8) is 0 Å². The summed E-state index contributed by atoms with van der Waals surface area (Å²) in [4.78, 5) is 1.23. The third-order valence-electron chi connectivity index (χ3n) is 2.66. The van der Waals surface area contributed by atoms with Crippen molar-refractivity contribution in [1.29, 1.82) is 5.26 Å². The zero-order valence-corrected chi connectivity index (χ0v) is 11.7. The molecule has 0 radical (unpaired) electrons. The van der Waals surface area contributed by atoms with E-state index >= 15 is 0 Å². The third-order valence-corrected chi connectivity index (χ3v) is 3.95. The smallest absolute Gasteiger partial charge is 0.140 e. The maximum atomic E-state index is 13.1. The molecule has 19 heavy (non-hydrogen) atoms. The van der Waals surface area contributed by atoms with Gasteiger partial charge in [0.2, 0.25) is 0 Å². The van der Waals surface area contributed by atoms with Crippen LogP contribution >= 0.6 is 22.9 Å². The Balaban J connectivity index is 1.81. The molecule has 0 fully saturated rings. The molecule has 2 rings (SSSR count). The minimum absolute atomic E-state index is 0.0874. The summed E-state index contributed by atoms with van der Waals surface area (Å²) >= 11 is 7.42. The predicted molar refractivity (Wildman–Crippen MR) is 75.9 cm³/mol. The first-order chi connectivity index (χ1) is 9.19. The number of thiophene rings is 1. The Labute approximate surface area is 120 Å². The second-order valence-corrected chi connectivity index (χ2v) is 5.86. The van der Waals surface area contributed by atoms with Gasteiger partial charge in [0.05, 0.1) is 9.90 Å². The monoisotopic (exact) mass is 294 g/mol. The van der Waals surface area contributed by atoms with Crippen molar-refractivity contribution in [2.45, 2.75) is 13.0 Å². The highest BCUT2D eigenvalue weighted by Gasteiger charge is 2.02. The van der Waals surface area contributed by atoms with Gasteiger partial charge < -0.3 is 5.32 Å². The summed E-state index contributed by atoms with van der Waals surface area (Å²) < 4.78 is 13.9. The summed E-state index contributed by atoms with van der Waals surface area (Å²) in [5.41, 5.74) is 0.992. The van der Waals surface area contributed by atoms with Gasteiger partial charge in [-0.2, -0.15) is 5.26 Å². The van der Waals surface area contributed by atoms with Gasteiger partial charge in [0.15, 0.2) is 0 Å². The van der Waals surface area contributed by atoms with Crippen LogP contribution in [0.25, 0.3) is 0 Å². The molecule has 1 aromatic carbocycles. The molecule has 98 valence electrons. The number of hydrogen-bond acceptors (Lipinski definition) is 3. The van der Waals surface area contributed by atoms with E-state index in [9.17, 15) is 4.39 Å². The summed E-state index contributed by atoms with van der Waals surface area (Å²) in [5.74, 6) is -0.473. The van der Waals surface area contributed by atoms with E-state index in [1.807, 2.05) is 18.2 Å². The number of nitriles is 1. The molecule has 0 saturated heterocycles. The number of hydrogen-bond donors (Lipinski definition) is 1. The molecular formula is C14H12ClFN2S. The Morgan fingerprint density at radius 1 is 1.32 bits per heavy atom. The van der Waals surface area contributed by atoms with Crippen LogP contribution in [0.1, 0.15) is 16.0 Å². The van der Waals surface area contributed by atoms with E-state index in [4.69, 9.17) is 16.9 Å². The van der Waals surface area contributed by atoms with Crippen molar-refractivity contribution in [3.8, 4) is 6.07 Å². The lowest BCUT2D eigenvalue weighted by molar-refractivity contribution is 0.621. The standard InChI is InChI=1S/C14H12ClFN2S/c15-14-4-2-12(19-14)5-6-18-9-10-1-3-13(16)11(7-10)8-17/h1-4,7,18H,5-6,9H2. The normalized spacial score (nSPS) is 10.4. The fraction of sp³-hybridized carbons (Fsp3) is 0.214. The minimum Gasteiger partial charge on any atom is -0.312 e. The Kier molecular flexibility index (Phi) is 4.92. The van der Waals surface area contributed by atoms with E-state index in [1.54, 1.807) is 23.5 Å². The van der Waals surface area contributed by atoms with Crippen LogP contribution < -0.4 is 5.32 Å². The first kappa shape index (κ1) is 14.0. The van der Waals surface area contributed by atoms with Crippen LogP contribution in [0.4, 0.5) is 4.39 Å². The molecule has 0 bridgehead atoms. The lowest BCUT2D eigenvalue weighted by Gasteiger charge is -2.04. The van der Waals surface area contributed by atoms with Crippen molar-refractivity contribution in [2.75, 3.05) is 6.54 Å². The number of halogens is 2. The summed E-state index contributed by atoms with van der Waals surface area (Å²) in [6, 6.07) is 10.3. The molecule has 0 amide bonds. The summed E-state index contributed by atoms with van der Waals surface area (Å²) in [6.45, 7) is 1.43. The minimum atomic E-state index is -0.473. The largest absolute Gasteiger partial charge is 0.312 e. The molecular weight excluding hydrogens is 283 g/mol. The van der Waals surface area contributed by atoms with E-state index < -0.39 is 5.82 Å². The van der Waals surface area contributed by atoms with E-state index in [-0.39, 0.29) is 5.56 Å². The van der Waals surface area contributed by atoms with E-state index in [1.165, 1.54) is 10.9 Å². The number of nitrogens with one attached hydrogen (secondary N) is 1. The Morgan fingerprint density at radius 2 is 2.16 bits per heavy atom. The molecule has 1 aromatic heterocycles. The summed E-state index contributed by atoms with van der Waals surface area (Å²) in [6.07, 6.45) is 0.906. The molecule has 2 nitrogen and oxygen atoms in total. The first-order valence-electron chi connectivity index (χ1n) is 5.82. The fourth-order valence-electron chi connectivity index (χ4n) is 1.70. The van der Waals surface area contributed by atoms with Crippen molar-refractivity contribution < 1.29 is 4.39 Å². The van der Waals surface area contributed by atoms with Crippen LogP contribution in [-0.4, -0.2) is 6.54 Å². The van der Waals surface area contributed by atoms with Gasteiger partial charge in [-0.25, -0.2) is 4.39 Å². The van der Waals surface area contributed by atoms with Crippen LogP contribution in [0.15, 0.2) is 30.3 Å². The lowest BCUT2D eigenvalue weighted by Crippen LogP contribution is -2.16. The molecule has 0 aliphatic rings. The molecule has 0 saturated carbocycles. The molecule has 5 heteroatoms. The van der Waals surface area contributed by atoms with Crippen LogP contribution in [0.2, 0.25) is 4.34 Å². The molecule has 2 aromatic rings. The number of benzene rings is 1. The number of nitrogens with zero attached hydrogens (tertiary/aromatic N) is 1. The Bertz CT molecular complexity index is 604. The molecule has 0 spiro atoms.